The van der Waals surface area contributed by atoms with Crippen LogP contribution < -0.4 is 0 Å². The molecule has 72 valence electrons. The van der Waals surface area contributed by atoms with Gasteiger partial charge in [0.1, 0.15) is 0 Å². The molecule has 0 radical (unpaired) electrons. The van der Waals surface area contributed by atoms with Crippen LogP contribution in [0.2, 0.25) is 0 Å². The third-order valence-corrected chi connectivity index (χ3v) is 1.55. The Hall–Kier alpha value is -0.400. The first-order chi connectivity index (χ1) is 5.45. The van der Waals surface area contributed by atoms with E-state index in [-0.39, 0.29) is 5.54 Å². The van der Waals surface area contributed by atoms with Gasteiger partial charge in [0, 0.05) is 0 Å². The third kappa shape index (κ3) is 7.70. The molecule has 2 heteroatoms. The summed E-state index contributed by atoms with van der Waals surface area (Å²) in [7, 11) is 0. The topological polar surface area (TPSA) is 24.7 Å². The standard InChI is InChI=1S/C10H22N2/c1-6-7-9(2)8-11-12-10(3,4)5/h9H,6-8H2,1-5H3. The van der Waals surface area contributed by atoms with Gasteiger partial charge in [-0.05, 0) is 33.1 Å². The van der Waals surface area contributed by atoms with Crippen LogP contribution in [0.5, 0.6) is 0 Å². The Labute approximate surface area is 76.5 Å². The van der Waals surface area contributed by atoms with E-state index in [0.29, 0.717) is 5.92 Å². The van der Waals surface area contributed by atoms with Gasteiger partial charge in [-0.1, -0.05) is 20.3 Å². The lowest BCUT2D eigenvalue weighted by Crippen LogP contribution is -2.09. The minimum atomic E-state index is -0.00800. The van der Waals surface area contributed by atoms with Crippen molar-refractivity contribution >= 4 is 0 Å². The molecular weight excluding hydrogens is 148 g/mol. The molecule has 0 aliphatic carbocycles. The minimum Gasteiger partial charge on any atom is -0.193 e. The summed E-state index contributed by atoms with van der Waals surface area (Å²) in [6, 6.07) is 0. The van der Waals surface area contributed by atoms with Gasteiger partial charge in [0.2, 0.25) is 0 Å². The normalized spacial score (nSPS) is 15.4. The monoisotopic (exact) mass is 170 g/mol. The van der Waals surface area contributed by atoms with Crippen LogP contribution >= 0.6 is 0 Å². The molecule has 0 fully saturated rings. The molecule has 0 saturated heterocycles. The van der Waals surface area contributed by atoms with Crippen molar-refractivity contribution in [2.24, 2.45) is 16.1 Å². The van der Waals surface area contributed by atoms with Crippen molar-refractivity contribution in [2.45, 2.75) is 53.0 Å². The second-order valence-corrected chi connectivity index (χ2v) is 4.49. The summed E-state index contributed by atoms with van der Waals surface area (Å²) in [4.78, 5) is 0. The van der Waals surface area contributed by atoms with Crippen molar-refractivity contribution in [3.8, 4) is 0 Å². The molecule has 0 heterocycles. The lowest BCUT2D eigenvalue weighted by Gasteiger charge is -2.10. The van der Waals surface area contributed by atoms with Crippen LogP contribution in [-0.2, 0) is 0 Å². The first-order valence-electron chi connectivity index (χ1n) is 4.84. The number of rotatable bonds is 4. The van der Waals surface area contributed by atoms with E-state index in [2.05, 4.69) is 44.8 Å². The highest BCUT2D eigenvalue weighted by Crippen LogP contribution is 2.09. The van der Waals surface area contributed by atoms with Crippen LogP contribution in [0.25, 0.3) is 0 Å². The van der Waals surface area contributed by atoms with Crippen molar-refractivity contribution < 1.29 is 0 Å². The molecule has 1 unspecified atom stereocenters. The van der Waals surface area contributed by atoms with E-state index in [1.165, 1.54) is 12.8 Å². The lowest BCUT2D eigenvalue weighted by atomic mass is 10.1. The molecule has 0 amide bonds. The van der Waals surface area contributed by atoms with Crippen LogP contribution in [0.4, 0.5) is 0 Å². The Kier molecular flexibility index (Phi) is 5.11. The van der Waals surface area contributed by atoms with Gasteiger partial charge in [0.15, 0.2) is 0 Å². The van der Waals surface area contributed by atoms with Crippen molar-refractivity contribution in [2.75, 3.05) is 6.54 Å². The molecule has 0 aliphatic rings. The van der Waals surface area contributed by atoms with Gasteiger partial charge in [0.25, 0.3) is 0 Å². The Bertz CT molecular complexity index is 133. The maximum absolute atomic E-state index is 4.20. The summed E-state index contributed by atoms with van der Waals surface area (Å²) in [6.07, 6.45) is 2.50. The maximum atomic E-state index is 4.20. The molecule has 0 aromatic carbocycles. The van der Waals surface area contributed by atoms with E-state index < -0.39 is 0 Å². The number of azo groups is 1. The summed E-state index contributed by atoms with van der Waals surface area (Å²) in [5, 5.41) is 8.39. The van der Waals surface area contributed by atoms with Crippen molar-refractivity contribution in [1.82, 2.24) is 0 Å². The Morgan fingerprint density at radius 1 is 1.25 bits per heavy atom. The fourth-order valence-electron chi connectivity index (χ4n) is 0.976. The fourth-order valence-corrected chi connectivity index (χ4v) is 0.976. The molecule has 0 N–H and O–H groups in total. The van der Waals surface area contributed by atoms with E-state index >= 15 is 0 Å². The SMILES string of the molecule is CCCC(C)CN=NC(C)(C)C. The summed E-state index contributed by atoms with van der Waals surface area (Å²) in [5.74, 6) is 0.682. The summed E-state index contributed by atoms with van der Waals surface area (Å²) >= 11 is 0. The molecule has 1 atom stereocenters. The zero-order valence-corrected chi connectivity index (χ0v) is 9.09. The molecule has 0 aromatic rings. The first kappa shape index (κ1) is 11.6. The lowest BCUT2D eigenvalue weighted by molar-refractivity contribution is 0.487. The predicted molar refractivity (Wildman–Crippen MR) is 53.5 cm³/mol. The molecule has 2 nitrogen and oxygen atoms in total. The van der Waals surface area contributed by atoms with Gasteiger partial charge in [-0.2, -0.15) is 10.2 Å². The zero-order valence-electron chi connectivity index (χ0n) is 9.09. The number of nitrogens with zero attached hydrogens (tertiary/aromatic N) is 2. The highest BCUT2D eigenvalue weighted by Gasteiger charge is 2.06. The highest BCUT2D eigenvalue weighted by atomic mass is 15.1. The van der Waals surface area contributed by atoms with Crippen molar-refractivity contribution in [3.05, 3.63) is 0 Å². The Balaban J connectivity index is 3.60. The smallest absolute Gasteiger partial charge is 0.0732 e. The Morgan fingerprint density at radius 3 is 2.25 bits per heavy atom. The van der Waals surface area contributed by atoms with Crippen LogP contribution in [0.15, 0.2) is 10.2 Å². The average Bonchev–Trinajstić information content (AvgIpc) is 1.84. The quantitative estimate of drug-likeness (QED) is 0.575. The van der Waals surface area contributed by atoms with Crippen LogP contribution in [-0.4, -0.2) is 12.1 Å². The zero-order chi connectivity index (χ0) is 9.61. The first-order valence-corrected chi connectivity index (χ1v) is 4.84. The average molecular weight is 170 g/mol. The summed E-state index contributed by atoms with van der Waals surface area (Å²) in [5.41, 5.74) is -0.00800. The highest BCUT2D eigenvalue weighted by molar-refractivity contribution is 4.67. The largest absolute Gasteiger partial charge is 0.193 e. The van der Waals surface area contributed by atoms with Crippen LogP contribution in [0.1, 0.15) is 47.5 Å². The molecule has 0 aromatic heterocycles. The van der Waals surface area contributed by atoms with Gasteiger partial charge in [0.05, 0.1) is 12.1 Å². The van der Waals surface area contributed by atoms with E-state index in [0.717, 1.165) is 6.54 Å². The van der Waals surface area contributed by atoms with Crippen LogP contribution in [0, 0.1) is 5.92 Å². The minimum absolute atomic E-state index is 0.00800. The van der Waals surface area contributed by atoms with E-state index in [1.807, 2.05) is 0 Å². The second-order valence-electron chi connectivity index (χ2n) is 4.49. The van der Waals surface area contributed by atoms with Crippen molar-refractivity contribution in [1.29, 1.82) is 0 Å². The summed E-state index contributed by atoms with van der Waals surface area (Å²) in [6.45, 7) is 11.5. The molecule has 0 saturated carbocycles. The molecular formula is C10H22N2. The van der Waals surface area contributed by atoms with E-state index in [1.54, 1.807) is 0 Å². The van der Waals surface area contributed by atoms with Gasteiger partial charge >= 0.3 is 0 Å². The molecule has 12 heavy (non-hydrogen) atoms. The third-order valence-electron chi connectivity index (χ3n) is 1.55. The second kappa shape index (κ2) is 5.28. The molecule has 0 spiro atoms. The van der Waals surface area contributed by atoms with E-state index in [4.69, 9.17) is 0 Å². The number of hydrogen-bond acceptors (Lipinski definition) is 2. The summed E-state index contributed by atoms with van der Waals surface area (Å²) < 4.78 is 0. The van der Waals surface area contributed by atoms with Gasteiger partial charge in [-0.15, -0.1) is 0 Å². The Morgan fingerprint density at radius 2 is 1.83 bits per heavy atom. The van der Waals surface area contributed by atoms with Gasteiger partial charge < -0.3 is 0 Å². The van der Waals surface area contributed by atoms with Crippen LogP contribution in [0.3, 0.4) is 0 Å². The van der Waals surface area contributed by atoms with Gasteiger partial charge in [-0.25, -0.2) is 0 Å². The van der Waals surface area contributed by atoms with Gasteiger partial charge in [-0.3, -0.25) is 0 Å². The fraction of sp³-hybridized carbons (Fsp3) is 1.00. The molecule has 0 aliphatic heterocycles. The number of hydrogen-bond donors (Lipinski definition) is 0. The predicted octanol–water partition coefficient (Wildman–Crippen LogP) is 3.67. The molecule has 0 bridgehead atoms. The van der Waals surface area contributed by atoms with Crippen molar-refractivity contribution in [3.63, 3.8) is 0 Å². The molecule has 0 rings (SSSR count). The van der Waals surface area contributed by atoms with E-state index in [9.17, 15) is 0 Å². The maximum Gasteiger partial charge on any atom is 0.0732 e.